The van der Waals surface area contributed by atoms with Crippen molar-refractivity contribution in [3.05, 3.63) is 24.0 Å². The Morgan fingerprint density at radius 3 is 2.20 bits per heavy atom. The van der Waals surface area contributed by atoms with Crippen molar-refractivity contribution >= 4 is 0 Å². The van der Waals surface area contributed by atoms with E-state index in [0.29, 0.717) is 0 Å². The molecule has 0 aromatic carbocycles. The fourth-order valence-electron chi connectivity index (χ4n) is 0.444. The quantitative estimate of drug-likeness (QED) is 0.376. The molecule has 0 atom stereocenters. The second-order valence-corrected chi connectivity index (χ2v) is 1.53. The van der Waals surface area contributed by atoms with Crippen LogP contribution in [0.1, 0.15) is 5.56 Å². The van der Waals surface area contributed by atoms with Crippen LogP contribution in [0.4, 0.5) is 13.2 Å². The monoisotopic (exact) mass is 173 g/mol. The third-order valence-electron chi connectivity index (χ3n) is 0.866. The van der Waals surface area contributed by atoms with Crippen LogP contribution >= 0.6 is 0 Å². The molecule has 50 valence electrons. The molecule has 0 unspecified atom stereocenters. The van der Waals surface area contributed by atoms with Gasteiger partial charge in [0.25, 0.3) is 0 Å². The van der Waals surface area contributed by atoms with E-state index in [1.54, 1.807) is 0 Å². The van der Waals surface area contributed by atoms with Crippen LogP contribution in [-0.2, 0) is 6.18 Å². The molecule has 0 aliphatic heterocycles. The number of halogens is 3. The molecule has 5 heteroatoms. The van der Waals surface area contributed by atoms with E-state index in [-0.39, 0.29) is 51.4 Å². The van der Waals surface area contributed by atoms with Gasteiger partial charge in [0.05, 0.1) is 0 Å². The van der Waals surface area contributed by atoms with Gasteiger partial charge in [0.15, 0.2) is 0 Å². The molecule has 1 aromatic rings. The smallest absolute Gasteiger partial charge is 0.484 e. The summed E-state index contributed by atoms with van der Waals surface area (Å²) in [5.74, 6) is 0. The predicted molar refractivity (Wildman–Crippen MR) is 24.6 cm³/mol. The molecule has 1 heterocycles. The molecule has 0 radical (unpaired) electrons. The van der Waals surface area contributed by atoms with Crippen molar-refractivity contribution in [1.29, 1.82) is 0 Å². The number of hydrogen-bond donors (Lipinski definition) is 1. The Bertz CT molecular complexity index is 179. The molecule has 1 aromatic heterocycles. The van der Waals surface area contributed by atoms with Gasteiger partial charge in [0.2, 0.25) is 0 Å². The normalized spacial score (nSPS) is 10.7. The van der Waals surface area contributed by atoms with Gasteiger partial charge in [-0.1, -0.05) is 5.56 Å². The number of aromatic amines is 1. The molecule has 0 saturated heterocycles. The van der Waals surface area contributed by atoms with Gasteiger partial charge in [0.1, 0.15) is 0 Å². The van der Waals surface area contributed by atoms with Crippen molar-refractivity contribution in [1.82, 2.24) is 4.98 Å². The van der Waals surface area contributed by atoms with E-state index in [1.165, 1.54) is 0 Å². The zero-order valence-corrected chi connectivity index (χ0v) is 8.41. The molecule has 1 rings (SSSR count). The SMILES string of the molecule is FC(F)(F)c1c[c-][nH]c1.[K+]. The van der Waals surface area contributed by atoms with E-state index < -0.39 is 11.7 Å². The molecule has 1 nitrogen and oxygen atoms in total. The Hall–Kier alpha value is 0.706. The Labute approximate surface area is 98.4 Å². The average Bonchev–Trinajstić information content (AvgIpc) is 2.08. The van der Waals surface area contributed by atoms with Crippen LogP contribution in [0.2, 0.25) is 0 Å². The summed E-state index contributed by atoms with van der Waals surface area (Å²) >= 11 is 0. The summed E-state index contributed by atoms with van der Waals surface area (Å²) in [5, 5.41) is 0. The Kier molecular flexibility index (Phi) is 4.19. The maximum Gasteiger partial charge on any atom is 1.00 e. The van der Waals surface area contributed by atoms with Gasteiger partial charge >= 0.3 is 57.6 Å². The van der Waals surface area contributed by atoms with Gasteiger partial charge in [0, 0.05) is 0 Å². The first kappa shape index (κ1) is 10.7. The van der Waals surface area contributed by atoms with E-state index in [1.807, 2.05) is 0 Å². The maximum atomic E-state index is 11.6. The third kappa shape index (κ3) is 2.75. The number of alkyl halides is 3. The summed E-state index contributed by atoms with van der Waals surface area (Å²) in [4.78, 5) is 2.19. The van der Waals surface area contributed by atoms with E-state index in [9.17, 15) is 13.2 Å². The van der Waals surface area contributed by atoms with Crippen molar-refractivity contribution in [2.24, 2.45) is 0 Å². The van der Waals surface area contributed by atoms with Crippen LogP contribution in [0.25, 0.3) is 0 Å². The minimum atomic E-state index is -4.24. The number of rotatable bonds is 0. The molecule has 0 bridgehead atoms. The van der Waals surface area contributed by atoms with Crippen molar-refractivity contribution in [3.63, 3.8) is 0 Å². The first-order valence-electron chi connectivity index (χ1n) is 2.22. The van der Waals surface area contributed by atoms with Gasteiger partial charge in [-0.05, 0) is 0 Å². The molecule has 0 saturated carbocycles. The van der Waals surface area contributed by atoms with E-state index in [4.69, 9.17) is 0 Å². The van der Waals surface area contributed by atoms with Crippen LogP contribution in [0.15, 0.2) is 12.3 Å². The molecular weight excluding hydrogens is 170 g/mol. The summed E-state index contributed by atoms with van der Waals surface area (Å²) in [6.45, 7) is 0. The van der Waals surface area contributed by atoms with Gasteiger partial charge in [-0.3, -0.25) is 0 Å². The first-order valence-corrected chi connectivity index (χ1v) is 2.22. The summed E-state index contributed by atoms with van der Waals surface area (Å²) in [5.41, 5.74) is -0.692. The molecule has 0 spiro atoms. The fraction of sp³-hybridized carbons (Fsp3) is 0.200. The van der Waals surface area contributed by atoms with Crippen molar-refractivity contribution in [3.8, 4) is 0 Å². The van der Waals surface area contributed by atoms with E-state index in [2.05, 4.69) is 11.2 Å². The predicted octanol–water partition coefficient (Wildman–Crippen LogP) is -1.16. The molecule has 10 heavy (non-hydrogen) atoms. The minimum absolute atomic E-state index is 0. The maximum absolute atomic E-state index is 11.6. The molecule has 0 fully saturated rings. The topological polar surface area (TPSA) is 15.8 Å². The van der Waals surface area contributed by atoms with E-state index in [0.717, 1.165) is 12.3 Å². The first-order chi connectivity index (χ1) is 4.11. The Morgan fingerprint density at radius 1 is 1.40 bits per heavy atom. The fourth-order valence-corrected chi connectivity index (χ4v) is 0.444. The summed E-state index contributed by atoms with van der Waals surface area (Å²) in [6, 6.07) is 0.861. The van der Waals surface area contributed by atoms with Crippen molar-refractivity contribution in [2.45, 2.75) is 6.18 Å². The van der Waals surface area contributed by atoms with Gasteiger partial charge < -0.3 is 4.98 Å². The molecule has 0 aliphatic rings. The molecule has 0 aliphatic carbocycles. The second kappa shape index (κ2) is 3.92. The largest absolute Gasteiger partial charge is 1.00 e. The number of H-pyrrole nitrogens is 1. The van der Waals surface area contributed by atoms with Crippen molar-refractivity contribution < 1.29 is 64.6 Å². The zero-order valence-electron chi connectivity index (χ0n) is 5.29. The standard InChI is InChI=1S/C5H3F3N.K/c6-5(7,8)4-1-2-9-3-4;/h1,3,9H;/q-1;+1. The van der Waals surface area contributed by atoms with Crippen LogP contribution in [0.3, 0.4) is 0 Å². The average molecular weight is 173 g/mol. The summed E-state index contributed by atoms with van der Waals surface area (Å²) in [7, 11) is 0. The molecule has 1 N–H and O–H groups in total. The Morgan fingerprint density at radius 2 is 2.00 bits per heavy atom. The van der Waals surface area contributed by atoms with Crippen molar-refractivity contribution in [2.75, 3.05) is 0 Å². The third-order valence-corrected chi connectivity index (χ3v) is 0.866. The van der Waals surface area contributed by atoms with Gasteiger partial charge in [-0.2, -0.15) is 19.2 Å². The van der Waals surface area contributed by atoms with Crippen LogP contribution in [0, 0.1) is 6.20 Å². The molecule has 0 amide bonds. The number of hydrogen-bond acceptors (Lipinski definition) is 0. The van der Waals surface area contributed by atoms with Gasteiger partial charge in [-0.25, -0.2) is 0 Å². The van der Waals surface area contributed by atoms with Crippen LogP contribution in [0.5, 0.6) is 0 Å². The number of nitrogens with one attached hydrogen (secondary N) is 1. The minimum Gasteiger partial charge on any atom is -0.484 e. The van der Waals surface area contributed by atoms with Crippen LogP contribution in [-0.4, -0.2) is 4.98 Å². The molecular formula is C5H3F3KN. The second-order valence-electron chi connectivity index (χ2n) is 1.53. The summed E-state index contributed by atoms with van der Waals surface area (Å²) in [6.07, 6.45) is -1.19. The van der Waals surface area contributed by atoms with Crippen LogP contribution < -0.4 is 51.4 Å². The Balaban J connectivity index is 0.000000810. The zero-order chi connectivity index (χ0) is 6.91. The summed E-state index contributed by atoms with van der Waals surface area (Å²) < 4.78 is 34.7. The van der Waals surface area contributed by atoms with Gasteiger partial charge in [-0.15, -0.1) is 12.4 Å². The number of aromatic nitrogens is 1. The van der Waals surface area contributed by atoms with E-state index >= 15 is 0 Å².